The van der Waals surface area contributed by atoms with Gasteiger partial charge in [0.25, 0.3) is 0 Å². The highest BCUT2D eigenvalue weighted by Crippen LogP contribution is 2.14. The molecule has 0 aromatic rings. The summed E-state index contributed by atoms with van der Waals surface area (Å²) in [6.07, 6.45) is 52.2. The molecule has 0 fully saturated rings. The molecule has 0 rings (SSSR count). The lowest BCUT2D eigenvalue weighted by atomic mass is 10.0. The number of unbranched alkanes of at least 4 members (excludes halogenated alkanes) is 11. The molecule has 0 aliphatic carbocycles. The number of rotatable bonds is 39. The number of hydrogen-bond donors (Lipinski definition) is 1. The first kappa shape index (κ1) is 54.5. The van der Waals surface area contributed by atoms with E-state index in [2.05, 4.69) is 98.9 Å². The maximum absolute atomic E-state index is 12.7. The monoisotopic (exact) mass is 811 g/mol. The zero-order valence-electron chi connectivity index (χ0n) is 37.5. The molecule has 0 saturated carbocycles. The molecule has 0 heterocycles. The first-order chi connectivity index (χ1) is 28.1. The molecule has 0 aromatic heterocycles. The van der Waals surface area contributed by atoms with E-state index in [1.165, 1.54) is 44.9 Å². The van der Waals surface area contributed by atoms with Crippen LogP contribution < -0.4 is 0 Å². The number of carboxylic acids is 1. The molecule has 0 amide bonds. The van der Waals surface area contributed by atoms with Crippen molar-refractivity contribution in [2.45, 2.75) is 174 Å². The van der Waals surface area contributed by atoms with Crippen molar-refractivity contribution >= 4 is 17.9 Å². The van der Waals surface area contributed by atoms with Gasteiger partial charge >= 0.3 is 17.9 Å². The molecule has 0 aromatic carbocycles. The van der Waals surface area contributed by atoms with Gasteiger partial charge in [-0.15, -0.1) is 0 Å². The number of quaternary nitrogens is 1. The summed E-state index contributed by atoms with van der Waals surface area (Å²) in [4.78, 5) is 36.9. The van der Waals surface area contributed by atoms with Crippen LogP contribution in [0.25, 0.3) is 0 Å². The zero-order valence-corrected chi connectivity index (χ0v) is 37.5. The van der Waals surface area contributed by atoms with Gasteiger partial charge in [-0.3, -0.25) is 9.59 Å². The predicted molar refractivity (Wildman–Crippen MR) is 243 cm³/mol. The van der Waals surface area contributed by atoms with Crippen LogP contribution in [0.3, 0.4) is 0 Å². The van der Waals surface area contributed by atoms with Crippen molar-refractivity contribution in [1.29, 1.82) is 0 Å². The molecule has 8 nitrogen and oxygen atoms in total. The fourth-order valence-corrected chi connectivity index (χ4v) is 6.10. The van der Waals surface area contributed by atoms with Crippen LogP contribution in [0.1, 0.15) is 162 Å². The van der Waals surface area contributed by atoms with E-state index in [1.807, 2.05) is 21.1 Å². The second-order valence-electron chi connectivity index (χ2n) is 15.9. The first-order valence-corrected chi connectivity index (χ1v) is 22.6. The molecule has 0 radical (unpaired) electrons. The summed E-state index contributed by atoms with van der Waals surface area (Å²) in [7, 11) is 5.50. The molecule has 0 bridgehead atoms. The van der Waals surface area contributed by atoms with E-state index < -0.39 is 18.1 Å². The molecule has 2 unspecified atom stereocenters. The summed E-state index contributed by atoms with van der Waals surface area (Å²) < 4.78 is 17.2. The van der Waals surface area contributed by atoms with Crippen molar-refractivity contribution < 1.29 is 38.2 Å². The number of esters is 2. The number of allylic oxidation sites excluding steroid dienone is 14. The molecule has 2 atom stereocenters. The predicted octanol–water partition coefficient (Wildman–Crippen LogP) is 12.5. The summed E-state index contributed by atoms with van der Waals surface area (Å²) in [5, 5.41) is 9.62. The van der Waals surface area contributed by atoms with Crippen LogP contribution in [0.15, 0.2) is 85.1 Å². The Bertz CT molecular complexity index is 1220. The first-order valence-electron chi connectivity index (χ1n) is 22.6. The van der Waals surface area contributed by atoms with Crippen LogP contribution in [-0.4, -0.2) is 80.6 Å². The Balaban J connectivity index is 4.30. The van der Waals surface area contributed by atoms with Crippen LogP contribution in [0.4, 0.5) is 0 Å². The minimum absolute atomic E-state index is 0.0391. The van der Waals surface area contributed by atoms with E-state index in [9.17, 15) is 19.5 Å². The van der Waals surface area contributed by atoms with Gasteiger partial charge in [0.05, 0.1) is 34.4 Å². The lowest BCUT2D eigenvalue weighted by Gasteiger charge is -2.31. The van der Waals surface area contributed by atoms with Crippen molar-refractivity contribution in [2.24, 2.45) is 0 Å². The summed E-state index contributed by atoms with van der Waals surface area (Å²) >= 11 is 0. The van der Waals surface area contributed by atoms with Gasteiger partial charge < -0.3 is 23.8 Å². The second kappa shape index (κ2) is 40.3. The van der Waals surface area contributed by atoms with E-state index in [0.717, 1.165) is 77.0 Å². The zero-order chi connectivity index (χ0) is 42.8. The van der Waals surface area contributed by atoms with Crippen molar-refractivity contribution in [2.75, 3.05) is 41.0 Å². The van der Waals surface area contributed by atoms with Crippen LogP contribution >= 0.6 is 0 Å². The second-order valence-corrected chi connectivity index (χ2v) is 15.9. The normalized spacial score (nSPS) is 13.7. The molecule has 0 aliphatic rings. The lowest BCUT2D eigenvalue weighted by Crippen LogP contribution is -2.50. The summed E-state index contributed by atoms with van der Waals surface area (Å²) in [6, 6.07) is -0.626. The van der Waals surface area contributed by atoms with Gasteiger partial charge in [-0.2, -0.15) is 0 Å². The third-order valence-corrected chi connectivity index (χ3v) is 9.54. The van der Waals surface area contributed by atoms with E-state index >= 15 is 0 Å². The van der Waals surface area contributed by atoms with Crippen LogP contribution in [0, 0.1) is 0 Å². The Labute approximate surface area is 354 Å². The Morgan fingerprint density at radius 3 is 1.40 bits per heavy atom. The molecular formula is C50H84NO7+. The van der Waals surface area contributed by atoms with Gasteiger partial charge in [0, 0.05) is 19.3 Å². The molecular weight excluding hydrogens is 727 g/mol. The number of ether oxygens (including phenoxy) is 3. The van der Waals surface area contributed by atoms with Gasteiger partial charge in [0.2, 0.25) is 0 Å². The Hall–Kier alpha value is -3.49. The molecule has 0 spiro atoms. The van der Waals surface area contributed by atoms with Gasteiger partial charge in [-0.1, -0.05) is 150 Å². The van der Waals surface area contributed by atoms with Gasteiger partial charge in [-0.05, 0) is 77.0 Å². The number of hydrogen-bond acceptors (Lipinski definition) is 6. The summed E-state index contributed by atoms with van der Waals surface area (Å²) in [5.74, 6) is -1.55. The van der Waals surface area contributed by atoms with Gasteiger partial charge in [0.1, 0.15) is 6.61 Å². The minimum atomic E-state index is -0.886. The highest BCUT2D eigenvalue weighted by atomic mass is 16.6. The molecule has 0 saturated heterocycles. The quantitative estimate of drug-likeness (QED) is 0.0286. The fraction of sp³-hybridized carbons (Fsp3) is 0.660. The number of aliphatic carboxylic acids is 1. The Kier molecular flexibility index (Phi) is 37.9. The fourth-order valence-electron chi connectivity index (χ4n) is 6.10. The van der Waals surface area contributed by atoms with Crippen molar-refractivity contribution in [3.8, 4) is 0 Å². The van der Waals surface area contributed by atoms with Gasteiger partial charge in [-0.25, -0.2) is 4.79 Å². The summed E-state index contributed by atoms with van der Waals surface area (Å²) in [6.45, 7) is 4.43. The van der Waals surface area contributed by atoms with Crippen molar-refractivity contribution in [3.05, 3.63) is 85.1 Å². The van der Waals surface area contributed by atoms with E-state index in [0.29, 0.717) is 19.3 Å². The number of carbonyl (C=O) groups excluding carboxylic acids is 2. The smallest absolute Gasteiger partial charge is 0.362 e. The number of likely N-dealkylation sites (N-methyl/N-ethyl adjacent to an activating group) is 1. The molecule has 330 valence electrons. The maximum atomic E-state index is 12.7. The van der Waals surface area contributed by atoms with Crippen molar-refractivity contribution in [1.82, 2.24) is 0 Å². The number of carboxylic acid groups (broad SMARTS) is 1. The Morgan fingerprint density at radius 1 is 0.517 bits per heavy atom. The topological polar surface area (TPSA) is 99.1 Å². The number of carbonyl (C=O) groups is 3. The average molecular weight is 811 g/mol. The SMILES string of the molecule is CC/C=C/C/C=C/C/C=C/C/C=C/CCCCCCCCCCCCC(=O)OC(COCCC(C(=O)O)[N+](C)(C)C)COC(=O)CCC/C=C/C/C=C/C/C=C/CC. The molecule has 0 aliphatic heterocycles. The van der Waals surface area contributed by atoms with Crippen LogP contribution in [0.2, 0.25) is 0 Å². The summed E-state index contributed by atoms with van der Waals surface area (Å²) in [5.41, 5.74) is 0. The van der Waals surface area contributed by atoms with E-state index in [4.69, 9.17) is 14.2 Å². The minimum Gasteiger partial charge on any atom is -0.477 e. The van der Waals surface area contributed by atoms with Crippen molar-refractivity contribution in [3.63, 3.8) is 0 Å². The van der Waals surface area contributed by atoms with Crippen LogP contribution in [0.5, 0.6) is 0 Å². The third-order valence-electron chi connectivity index (χ3n) is 9.54. The van der Waals surface area contributed by atoms with Gasteiger partial charge in [0.15, 0.2) is 12.1 Å². The average Bonchev–Trinajstić information content (AvgIpc) is 3.18. The van der Waals surface area contributed by atoms with Crippen LogP contribution in [-0.2, 0) is 28.6 Å². The third kappa shape index (κ3) is 38.1. The van der Waals surface area contributed by atoms with E-state index in [-0.39, 0.29) is 42.7 Å². The van der Waals surface area contributed by atoms with E-state index in [1.54, 1.807) is 0 Å². The molecule has 1 N–H and O–H groups in total. The molecule has 8 heteroatoms. The molecule has 58 heavy (non-hydrogen) atoms. The standard InChI is InChI=1S/C50H83NO7/c1-6-8-10-12-14-16-18-19-20-21-22-23-24-25-26-27-28-29-31-33-35-37-39-41-49(53)58-46(44-56-43-42-47(50(54)55)51(3,4)5)45-57-48(52)40-38-36-34-32-30-17-15-13-11-9-7-2/h8-11,14-17,19-20,22-23,32,34,46-47H,6-7,12-13,18,21,24-31,33,35-45H2,1-5H3/p+1/b10-8+,11-9+,16-14+,17-15+,20-19+,23-22+,34-32+. The maximum Gasteiger partial charge on any atom is 0.362 e. The lowest BCUT2D eigenvalue weighted by molar-refractivity contribution is -0.887. The number of nitrogens with zero attached hydrogens (tertiary/aromatic N) is 1. The highest BCUT2D eigenvalue weighted by molar-refractivity contribution is 5.72. The largest absolute Gasteiger partial charge is 0.477 e. The highest BCUT2D eigenvalue weighted by Gasteiger charge is 2.31. The Morgan fingerprint density at radius 2 is 0.931 bits per heavy atom.